The van der Waals surface area contributed by atoms with E-state index in [4.69, 9.17) is 0 Å². The summed E-state index contributed by atoms with van der Waals surface area (Å²) in [5.41, 5.74) is 0.803. The summed E-state index contributed by atoms with van der Waals surface area (Å²) in [5.74, 6) is -0.801. The van der Waals surface area contributed by atoms with Gasteiger partial charge in [-0.25, -0.2) is 12.8 Å². The maximum atomic E-state index is 14.0. The monoisotopic (exact) mass is 296 g/mol. The van der Waals surface area contributed by atoms with Crippen LogP contribution in [0.1, 0.15) is 24.5 Å². The van der Waals surface area contributed by atoms with Crippen LogP contribution in [-0.2, 0) is 15.6 Å². The predicted octanol–water partition coefficient (Wildman–Crippen LogP) is 3.32. The van der Waals surface area contributed by atoms with Crippen molar-refractivity contribution in [2.45, 2.75) is 26.0 Å². The number of halogens is 1. The third kappa shape index (κ3) is 2.77. The third-order valence-electron chi connectivity index (χ3n) is 3.31. The first-order valence-corrected chi connectivity index (χ1v) is 8.28. The predicted molar refractivity (Wildman–Crippen MR) is 78.1 cm³/mol. The van der Waals surface area contributed by atoms with Crippen molar-refractivity contribution in [3.05, 3.63) is 41.2 Å². The minimum absolute atomic E-state index is 0.0284. The summed E-state index contributed by atoms with van der Waals surface area (Å²) in [6.45, 7) is 3.51. The first kappa shape index (κ1) is 14.8. The van der Waals surface area contributed by atoms with Gasteiger partial charge < -0.3 is 5.11 Å². The van der Waals surface area contributed by atoms with E-state index in [0.29, 0.717) is 22.8 Å². The summed E-state index contributed by atoms with van der Waals surface area (Å²) in [5, 5.41) is 10.9. The summed E-state index contributed by atoms with van der Waals surface area (Å²) in [4.78, 5) is 0. The van der Waals surface area contributed by atoms with Crippen molar-refractivity contribution >= 4 is 20.6 Å². The Balaban J connectivity index is 2.64. The molecule has 0 atom stereocenters. The molecule has 0 amide bonds. The molecule has 5 heteroatoms. The van der Waals surface area contributed by atoms with Crippen molar-refractivity contribution in [3.63, 3.8) is 0 Å². The molecule has 108 valence electrons. The highest BCUT2D eigenvalue weighted by Gasteiger charge is 2.18. The van der Waals surface area contributed by atoms with Crippen molar-refractivity contribution in [2.24, 2.45) is 0 Å². The number of aryl methyl sites for hydroxylation is 1. The number of hydrogen-bond acceptors (Lipinski definition) is 3. The number of sulfone groups is 1. The Morgan fingerprint density at radius 1 is 1.15 bits per heavy atom. The Morgan fingerprint density at radius 3 is 2.45 bits per heavy atom. The van der Waals surface area contributed by atoms with Crippen LogP contribution in [0.4, 0.5) is 4.39 Å². The molecular weight excluding hydrogens is 279 g/mol. The fourth-order valence-electron chi connectivity index (χ4n) is 2.28. The SMILES string of the molecule is CCCS(=O)(=O)Cc1c(F)ccc2c(O)c(C)ccc12. The highest BCUT2D eigenvalue weighted by Crippen LogP contribution is 2.32. The van der Waals surface area contributed by atoms with Crippen LogP contribution in [0.25, 0.3) is 10.8 Å². The molecule has 20 heavy (non-hydrogen) atoms. The highest BCUT2D eigenvalue weighted by atomic mass is 32.2. The zero-order valence-corrected chi connectivity index (χ0v) is 12.3. The molecule has 0 saturated carbocycles. The van der Waals surface area contributed by atoms with E-state index in [1.54, 1.807) is 26.0 Å². The Morgan fingerprint density at radius 2 is 1.80 bits per heavy atom. The Labute approximate surface area is 118 Å². The van der Waals surface area contributed by atoms with Gasteiger partial charge in [0.05, 0.1) is 11.5 Å². The molecule has 0 aliphatic rings. The molecule has 0 aliphatic heterocycles. The lowest BCUT2D eigenvalue weighted by molar-refractivity contribution is 0.477. The van der Waals surface area contributed by atoms with Crippen molar-refractivity contribution in [1.29, 1.82) is 0 Å². The largest absolute Gasteiger partial charge is 0.507 e. The van der Waals surface area contributed by atoms with Crippen molar-refractivity contribution in [2.75, 3.05) is 5.75 Å². The Bertz CT molecular complexity index is 751. The quantitative estimate of drug-likeness (QED) is 0.941. The van der Waals surface area contributed by atoms with Gasteiger partial charge in [-0.15, -0.1) is 0 Å². The minimum Gasteiger partial charge on any atom is -0.507 e. The average Bonchev–Trinajstić information content (AvgIpc) is 2.37. The van der Waals surface area contributed by atoms with Crippen LogP contribution < -0.4 is 0 Å². The van der Waals surface area contributed by atoms with Gasteiger partial charge in [0.25, 0.3) is 0 Å². The van der Waals surface area contributed by atoms with E-state index in [9.17, 15) is 17.9 Å². The Hall–Kier alpha value is -1.62. The van der Waals surface area contributed by atoms with Crippen LogP contribution in [0, 0.1) is 12.7 Å². The summed E-state index contributed by atoms with van der Waals surface area (Å²) in [7, 11) is -3.34. The molecule has 0 bridgehead atoms. The molecular formula is C15H17FO3S. The standard InChI is InChI=1S/C15H17FO3S/c1-3-8-20(18,19)9-13-11-5-4-10(2)15(17)12(11)6-7-14(13)16/h4-7,17H,3,8-9H2,1-2H3. The molecule has 1 N–H and O–H groups in total. The number of aromatic hydroxyl groups is 1. The maximum Gasteiger partial charge on any atom is 0.154 e. The molecule has 0 saturated heterocycles. The van der Waals surface area contributed by atoms with Crippen molar-refractivity contribution in [1.82, 2.24) is 0 Å². The van der Waals surface area contributed by atoms with Crippen LogP contribution in [0.5, 0.6) is 5.75 Å². The van der Waals surface area contributed by atoms with Gasteiger partial charge in [-0.1, -0.05) is 19.1 Å². The number of phenolic OH excluding ortho intramolecular Hbond substituents is 1. The van der Waals surface area contributed by atoms with E-state index >= 15 is 0 Å². The van der Waals surface area contributed by atoms with Gasteiger partial charge in [0, 0.05) is 10.9 Å². The van der Waals surface area contributed by atoms with E-state index in [0.717, 1.165) is 0 Å². The first-order chi connectivity index (χ1) is 9.35. The molecule has 0 unspecified atom stereocenters. The second-order valence-corrected chi connectivity index (χ2v) is 7.13. The van der Waals surface area contributed by atoms with Crippen LogP contribution in [-0.4, -0.2) is 19.3 Å². The van der Waals surface area contributed by atoms with E-state index in [2.05, 4.69) is 0 Å². The second kappa shape index (κ2) is 5.40. The van der Waals surface area contributed by atoms with Gasteiger partial charge in [-0.2, -0.15) is 0 Å². The van der Waals surface area contributed by atoms with Crippen LogP contribution in [0.2, 0.25) is 0 Å². The zero-order valence-electron chi connectivity index (χ0n) is 11.5. The van der Waals surface area contributed by atoms with Gasteiger partial charge >= 0.3 is 0 Å². The van der Waals surface area contributed by atoms with Gasteiger partial charge in [0.15, 0.2) is 9.84 Å². The number of rotatable bonds is 4. The molecule has 0 spiro atoms. The average molecular weight is 296 g/mol. The lowest BCUT2D eigenvalue weighted by Crippen LogP contribution is -2.10. The first-order valence-electron chi connectivity index (χ1n) is 6.46. The highest BCUT2D eigenvalue weighted by molar-refractivity contribution is 7.90. The van der Waals surface area contributed by atoms with E-state index in [1.165, 1.54) is 12.1 Å². The lowest BCUT2D eigenvalue weighted by atomic mass is 10.0. The molecule has 0 heterocycles. The number of benzene rings is 2. The number of phenols is 1. The molecule has 3 nitrogen and oxygen atoms in total. The number of fused-ring (bicyclic) bond motifs is 1. The maximum absolute atomic E-state index is 14.0. The molecule has 2 aromatic carbocycles. The second-order valence-electron chi connectivity index (χ2n) is 4.94. The smallest absolute Gasteiger partial charge is 0.154 e. The fraction of sp³-hybridized carbons (Fsp3) is 0.333. The van der Waals surface area contributed by atoms with Crippen LogP contribution in [0.15, 0.2) is 24.3 Å². The van der Waals surface area contributed by atoms with E-state index in [1.807, 2.05) is 0 Å². The number of hydrogen-bond donors (Lipinski definition) is 1. The normalized spacial score (nSPS) is 11.9. The third-order valence-corrected chi connectivity index (χ3v) is 5.07. The summed E-state index contributed by atoms with van der Waals surface area (Å²) in [6, 6.07) is 6.00. The molecule has 2 aromatic rings. The summed E-state index contributed by atoms with van der Waals surface area (Å²) in [6.07, 6.45) is 0.499. The molecule has 0 fully saturated rings. The van der Waals surface area contributed by atoms with Crippen LogP contribution in [0.3, 0.4) is 0 Å². The van der Waals surface area contributed by atoms with Crippen LogP contribution >= 0.6 is 0 Å². The minimum atomic E-state index is -3.34. The van der Waals surface area contributed by atoms with Gasteiger partial charge in [-0.3, -0.25) is 0 Å². The Kier molecular flexibility index (Phi) is 3.99. The van der Waals surface area contributed by atoms with Gasteiger partial charge in [-0.05, 0) is 36.4 Å². The zero-order chi connectivity index (χ0) is 14.9. The molecule has 2 rings (SSSR count). The van der Waals surface area contributed by atoms with Crippen molar-refractivity contribution < 1.29 is 17.9 Å². The van der Waals surface area contributed by atoms with Crippen molar-refractivity contribution in [3.8, 4) is 5.75 Å². The lowest BCUT2D eigenvalue weighted by Gasteiger charge is -2.11. The fourth-order valence-corrected chi connectivity index (χ4v) is 3.78. The van der Waals surface area contributed by atoms with E-state index < -0.39 is 15.7 Å². The van der Waals surface area contributed by atoms with Gasteiger partial charge in [0.2, 0.25) is 0 Å². The molecule has 0 aliphatic carbocycles. The molecule has 0 aromatic heterocycles. The van der Waals surface area contributed by atoms with E-state index in [-0.39, 0.29) is 22.8 Å². The summed E-state index contributed by atoms with van der Waals surface area (Å²) < 4.78 is 37.8. The summed E-state index contributed by atoms with van der Waals surface area (Å²) >= 11 is 0. The topological polar surface area (TPSA) is 54.4 Å². The molecule has 0 radical (unpaired) electrons. The van der Waals surface area contributed by atoms with Gasteiger partial charge in [0.1, 0.15) is 11.6 Å².